The molecule has 0 aliphatic carbocycles. The van der Waals surface area contributed by atoms with Crippen LogP contribution in [0.5, 0.6) is 0 Å². The predicted octanol–water partition coefficient (Wildman–Crippen LogP) is 7.33. The molecule has 0 fully saturated rings. The van der Waals surface area contributed by atoms with Crippen molar-refractivity contribution >= 4 is 15.9 Å². The third-order valence-electron chi connectivity index (χ3n) is 4.26. The van der Waals surface area contributed by atoms with Gasteiger partial charge in [0.25, 0.3) is 0 Å². The minimum Gasteiger partial charge on any atom is -0.376 e. The Kier molecular flexibility index (Phi) is 7.21. The highest BCUT2D eigenvalue weighted by atomic mass is 79.9. The van der Waals surface area contributed by atoms with Gasteiger partial charge in [0, 0.05) is 10.0 Å². The van der Waals surface area contributed by atoms with E-state index in [2.05, 4.69) is 15.9 Å². The number of rotatable bonds is 7. The summed E-state index contributed by atoms with van der Waals surface area (Å²) >= 11 is 2.32. The maximum absolute atomic E-state index is 14.0. The molecule has 1 aromatic carbocycles. The van der Waals surface area contributed by atoms with Gasteiger partial charge in [0.2, 0.25) is 0 Å². The lowest BCUT2D eigenvalue weighted by Gasteiger charge is -2.42. The van der Waals surface area contributed by atoms with Crippen LogP contribution in [0.25, 0.3) is 0 Å². The van der Waals surface area contributed by atoms with E-state index in [0.29, 0.717) is 12.1 Å². The van der Waals surface area contributed by atoms with E-state index in [1.807, 2.05) is 0 Å². The van der Waals surface area contributed by atoms with E-state index in [1.54, 1.807) is 0 Å². The van der Waals surface area contributed by atoms with Gasteiger partial charge in [-0.3, -0.25) is 0 Å². The number of halogens is 17. The van der Waals surface area contributed by atoms with Crippen LogP contribution in [0, 0.1) is 0 Å². The Morgan fingerprint density at radius 1 is 0.576 bits per heavy atom. The molecule has 1 atom stereocenters. The van der Waals surface area contributed by atoms with Crippen molar-refractivity contribution in [3.63, 3.8) is 0 Å². The number of aliphatic hydroxyl groups is 1. The number of hydrogen-bond donors (Lipinski definition) is 1. The summed E-state index contributed by atoms with van der Waals surface area (Å²) < 4.78 is 210. The molecule has 1 aromatic rings. The summed E-state index contributed by atoms with van der Waals surface area (Å²) in [6, 6.07) is 2.32. The molecule has 1 rings (SSSR count). The van der Waals surface area contributed by atoms with E-state index < -0.39 is 64.0 Å². The fraction of sp³-hybridized carbons (Fsp3) is 0.600. The van der Waals surface area contributed by atoms with Gasteiger partial charge in [0.15, 0.2) is 5.60 Å². The first-order chi connectivity index (χ1) is 14.2. The van der Waals surface area contributed by atoms with Crippen LogP contribution in [-0.2, 0) is 5.60 Å². The lowest BCUT2D eigenvalue weighted by molar-refractivity contribution is -0.443. The minimum absolute atomic E-state index is 0.177. The molecule has 1 N–H and O–H groups in total. The smallest absolute Gasteiger partial charge is 0.376 e. The Bertz CT molecular complexity index is 858. The molecule has 33 heavy (non-hydrogen) atoms. The maximum Gasteiger partial charge on any atom is 0.460 e. The molecule has 0 aliphatic heterocycles. The van der Waals surface area contributed by atoms with Crippen molar-refractivity contribution in [3.8, 4) is 0 Å². The van der Waals surface area contributed by atoms with E-state index >= 15 is 0 Å². The molecular weight excluding hydrogens is 580 g/mol. The topological polar surface area (TPSA) is 20.2 Å². The minimum atomic E-state index is -8.27. The predicted molar refractivity (Wildman–Crippen MR) is 79.5 cm³/mol. The van der Waals surface area contributed by atoms with Crippen molar-refractivity contribution in [2.75, 3.05) is 0 Å². The zero-order chi connectivity index (χ0) is 26.7. The first-order valence-corrected chi connectivity index (χ1v) is 8.51. The van der Waals surface area contributed by atoms with Gasteiger partial charge in [-0.1, -0.05) is 34.1 Å². The van der Waals surface area contributed by atoms with Crippen LogP contribution in [-0.4, -0.2) is 47.1 Å². The van der Waals surface area contributed by atoms with Gasteiger partial charge in [-0.05, 0) is 6.07 Å². The molecule has 192 valence electrons. The summed E-state index contributed by atoms with van der Waals surface area (Å²) in [5.41, 5.74) is -6.92. The molecule has 0 spiro atoms. The van der Waals surface area contributed by atoms with Gasteiger partial charge in [-0.25, -0.2) is 0 Å². The van der Waals surface area contributed by atoms with E-state index in [1.165, 1.54) is 0 Å². The highest BCUT2D eigenvalue weighted by molar-refractivity contribution is 9.10. The third kappa shape index (κ3) is 4.36. The van der Waals surface area contributed by atoms with Crippen LogP contribution >= 0.6 is 15.9 Å². The summed E-state index contributed by atoms with van der Waals surface area (Å²) in [5, 5.41) is 9.73. The molecule has 1 nitrogen and oxygen atoms in total. The van der Waals surface area contributed by atoms with Crippen LogP contribution in [0.15, 0.2) is 28.7 Å². The first-order valence-electron chi connectivity index (χ1n) is 7.72. The monoisotopic (exact) mass is 586 g/mol. The van der Waals surface area contributed by atoms with Crippen molar-refractivity contribution in [3.05, 3.63) is 34.3 Å². The molecule has 0 radical (unpaired) electrons. The molecule has 0 aliphatic rings. The van der Waals surface area contributed by atoms with Gasteiger partial charge >= 0.3 is 42.0 Å². The van der Waals surface area contributed by atoms with E-state index in [0.717, 1.165) is 6.07 Å². The summed E-state index contributed by atoms with van der Waals surface area (Å²) in [7, 11) is 0. The second kappa shape index (κ2) is 8.05. The summed E-state index contributed by atoms with van der Waals surface area (Å²) in [4.78, 5) is 0. The van der Waals surface area contributed by atoms with Crippen molar-refractivity contribution in [1.29, 1.82) is 0 Å². The Morgan fingerprint density at radius 2 is 0.970 bits per heavy atom. The fourth-order valence-corrected chi connectivity index (χ4v) is 2.99. The van der Waals surface area contributed by atoms with Gasteiger partial charge in [0.1, 0.15) is 0 Å². The molecule has 18 heteroatoms. The summed E-state index contributed by atoms with van der Waals surface area (Å²) in [6.45, 7) is 0. The van der Waals surface area contributed by atoms with Crippen molar-refractivity contribution in [1.82, 2.24) is 0 Å². The Labute approximate surface area is 180 Å². The average Bonchev–Trinajstić information content (AvgIpc) is 2.58. The van der Waals surface area contributed by atoms with Gasteiger partial charge in [-0.2, -0.15) is 70.2 Å². The van der Waals surface area contributed by atoms with Crippen LogP contribution in [0.2, 0.25) is 0 Å². The molecule has 0 bridgehead atoms. The summed E-state index contributed by atoms with van der Waals surface area (Å²) in [6.07, 6.45) is -17.9. The largest absolute Gasteiger partial charge is 0.460 e. The average molecular weight is 587 g/mol. The normalized spacial score (nSPS) is 17.2. The molecular formula is C15H7BrF16O. The van der Waals surface area contributed by atoms with Crippen LogP contribution in [0.1, 0.15) is 12.0 Å². The highest BCUT2D eigenvalue weighted by Gasteiger charge is 2.91. The maximum atomic E-state index is 14.0. The van der Waals surface area contributed by atoms with Crippen molar-refractivity contribution < 1.29 is 75.4 Å². The number of hydrogen-bond acceptors (Lipinski definition) is 1. The highest BCUT2D eigenvalue weighted by Crippen LogP contribution is 2.62. The van der Waals surface area contributed by atoms with Crippen LogP contribution in [0.4, 0.5) is 70.2 Å². The van der Waals surface area contributed by atoms with Crippen molar-refractivity contribution in [2.24, 2.45) is 0 Å². The van der Waals surface area contributed by atoms with Gasteiger partial charge < -0.3 is 5.11 Å². The zero-order valence-corrected chi connectivity index (χ0v) is 16.5. The molecule has 0 saturated carbocycles. The van der Waals surface area contributed by atoms with Gasteiger partial charge in [0.05, 0.1) is 6.42 Å². The van der Waals surface area contributed by atoms with Crippen LogP contribution < -0.4 is 0 Å². The lowest BCUT2D eigenvalue weighted by Crippen LogP contribution is -2.70. The lowest BCUT2D eigenvalue weighted by atomic mass is 9.82. The number of benzene rings is 1. The second-order valence-electron chi connectivity index (χ2n) is 6.51. The van der Waals surface area contributed by atoms with E-state index in [-0.39, 0.29) is 6.07 Å². The fourth-order valence-electron chi connectivity index (χ4n) is 2.38. The van der Waals surface area contributed by atoms with E-state index in [4.69, 9.17) is 0 Å². The molecule has 0 aromatic heterocycles. The van der Waals surface area contributed by atoms with Crippen molar-refractivity contribution in [2.45, 2.75) is 54.0 Å². The molecule has 0 amide bonds. The second-order valence-corrected chi connectivity index (χ2v) is 7.37. The first kappa shape index (κ1) is 29.6. The zero-order valence-electron chi connectivity index (χ0n) is 14.9. The van der Waals surface area contributed by atoms with E-state index in [9.17, 15) is 75.4 Å². The standard InChI is InChI=1S/C15H7BrF16O/c16-7-4-2-1-3-6(7)8(33,14(27,28)29)5-9(17,18)10(19,20)11(21,22)12(23,24)13(25,26)15(30,31)32/h1-4,33H,5H2. The molecule has 1 unspecified atom stereocenters. The van der Waals surface area contributed by atoms with Crippen LogP contribution in [0.3, 0.4) is 0 Å². The quantitative estimate of drug-likeness (QED) is 0.332. The SMILES string of the molecule is OC(CC(F)(F)C(F)(F)C(F)(F)C(F)(F)C(F)(F)C(F)(F)F)(c1ccccc1Br)C(F)(F)F. The Hall–Kier alpha value is -1.46. The molecule has 0 heterocycles. The number of alkyl halides is 16. The third-order valence-corrected chi connectivity index (χ3v) is 4.96. The van der Waals surface area contributed by atoms with Gasteiger partial charge in [-0.15, -0.1) is 0 Å². The Morgan fingerprint density at radius 3 is 1.33 bits per heavy atom. The summed E-state index contributed by atoms with van der Waals surface area (Å²) in [5.74, 6) is -39.7. The molecule has 0 saturated heterocycles. The Balaban J connectivity index is 3.69.